The summed E-state index contributed by atoms with van der Waals surface area (Å²) in [5.41, 5.74) is 0.0470. The normalized spacial score (nSPS) is 10.2. The van der Waals surface area contributed by atoms with Gasteiger partial charge in [0.25, 0.3) is 5.91 Å². The van der Waals surface area contributed by atoms with Crippen LogP contribution in [0.15, 0.2) is 24.5 Å². The van der Waals surface area contributed by atoms with Crippen LogP contribution in [0.25, 0.3) is 0 Å². The topological polar surface area (TPSA) is 100 Å². The fraction of sp³-hybridized carbons (Fsp3) is 0.100. The highest BCUT2D eigenvalue weighted by molar-refractivity contribution is 6.05. The monoisotopic (exact) mass is 234 g/mol. The molecule has 1 aromatic carbocycles. The van der Waals surface area contributed by atoms with E-state index in [9.17, 15) is 9.90 Å². The lowest BCUT2D eigenvalue weighted by molar-refractivity contribution is 0.102. The van der Waals surface area contributed by atoms with Crippen molar-refractivity contribution in [3.63, 3.8) is 0 Å². The molecule has 1 aromatic heterocycles. The summed E-state index contributed by atoms with van der Waals surface area (Å²) in [5.74, 6) is -0.677. The molecule has 88 valence electrons. The van der Waals surface area contributed by atoms with E-state index in [1.165, 1.54) is 23.1 Å². The van der Waals surface area contributed by atoms with E-state index in [2.05, 4.69) is 15.4 Å². The number of phenolic OH excluding ortho intramolecular Hbond substituents is 2. The first-order valence-electron chi connectivity index (χ1n) is 4.75. The Kier molecular flexibility index (Phi) is 2.65. The Morgan fingerprint density at radius 1 is 1.41 bits per heavy atom. The van der Waals surface area contributed by atoms with E-state index in [-0.39, 0.29) is 23.0 Å². The summed E-state index contributed by atoms with van der Waals surface area (Å²) in [7, 11) is 1.62. The number of aromatic hydroxyl groups is 2. The molecule has 0 saturated heterocycles. The van der Waals surface area contributed by atoms with Crippen LogP contribution in [0.3, 0.4) is 0 Å². The van der Waals surface area contributed by atoms with Crippen LogP contribution in [0.2, 0.25) is 0 Å². The SMILES string of the molecule is Cn1ncnc1NC(=O)c1ccc(O)cc1O. The van der Waals surface area contributed by atoms with Gasteiger partial charge in [-0.25, -0.2) is 4.68 Å². The predicted molar refractivity (Wildman–Crippen MR) is 58.7 cm³/mol. The average molecular weight is 234 g/mol. The number of nitrogens with zero attached hydrogens (tertiary/aromatic N) is 3. The fourth-order valence-electron chi connectivity index (χ4n) is 1.29. The maximum Gasteiger partial charge on any atom is 0.261 e. The van der Waals surface area contributed by atoms with E-state index >= 15 is 0 Å². The van der Waals surface area contributed by atoms with E-state index in [4.69, 9.17) is 5.11 Å². The third-order valence-corrected chi connectivity index (χ3v) is 2.16. The predicted octanol–water partition coefficient (Wildman–Crippen LogP) is 0.479. The standard InChI is InChI=1S/C10H10N4O3/c1-14-10(11-5-12-14)13-9(17)7-3-2-6(15)4-8(7)16/h2-5,15-16H,1H3,(H,11,12,13,17). The smallest absolute Gasteiger partial charge is 0.261 e. The minimum atomic E-state index is -0.529. The van der Waals surface area contributed by atoms with Gasteiger partial charge < -0.3 is 10.2 Å². The van der Waals surface area contributed by atoms with Crippen LogP contribution < -0.4 is 5.32 Å². The first-order valence-corrected chi connectivity index (χ1v) is 4.75. The largest absolute Gasteiger partial charge is 0.508 e. The van der Waals surface area contributed by atoms with Crippen molar-refractivity contribution in [1.29, 1.82) is 0 Å². The highest BCUT2D eigenvalue weighted by Gasteiger charge is 2.13. The Labute approximate surface area is 96.3 Å². The highest BCUT2D eigenvalue weighted by Crippen LogP contribution is 2.23. The first kappa shape index (κ1) is 10.9. The molecule has 7 nitrogen and oxygen atoms in total. The summed E-state index contributed by atoms with van der Waals surface area (Å²) in [5, 5.41) is 24.9. The van der Waals surface area contributed by atoms with Crippen LogP contribution in [-0.2, 0) is 7.05 Å². The number of hydrogen-bond donors (Lipinski definition) is 3. The van der Waals surface area contributed by atoms with Crippen molar-refractivity contribution in [3.8, 4) is 11.5 Å². The molecule has 0 bridgehead atoms. The van der Waals surface area contributed by atoms with Crippen LogP contribution in [0.5, 0.6) is 11.5 Å². The van der Waals surface area contributed by atoms with Gasteiger partial charge in [0.05, 0.1) is 5.56 Å². The van der Waals surface area contributed by atoms with Crippen LogP contribution in [0.1, 0.15) is 10.4 Å². The van der Waals surface area contributed by atoms with E-state index in [0.717, 1.165) is 6.07 Å². The summed E-state index contributed by atoms with van der Waals surface area (Å²) < 4.78 is 1.38. The number of aromatic nitrogens is 3. The maximum absolute atomic E-state index is 11.8. The number of rotatable bonds is 2. The second kappa shape index (κ2) is 4.12. The third kappa shape index (κ3) is 2.17. The number of hydrogen-bond acceptors (Lipinski definition) is 5. The lowest BCUT2D eigenvalue weighted by Crippen LogP contribution is -2.15. The van der Waals surface area contributed by atoms with Gasteiger partial charge in [0, 0.05) is 13.1 Å². The Morgan fingerprint density at radius 3 is 2.76 bits per heavy atom. The Balaban J connectivity index is 2.23. The highest BCUT2D eigenvalue weighted by atomic mass is 16.3. The molecule has 0 radical (unpaired) electrons. The minimum Gasteiger partial charge on any atom is -0.508 e. The summed E-state index contributed by atoms with van der Waals surface area (Å²) in [6, 6.07) is 3.72. The maximum atomic E-state index is 11.8. The fourth-order valence-corrected chi connectivity index (χ4v) is 1.29. The van der Waals surface area contributed by atoms with Crippen molar-refractivity contribution in [1.82, 2.24) is 14.8 Å². The van der Waals surface area contributed by atoms with Crippen molar-refractivity contribution >= 4 is 11.9 Å². The molecule has 0 spiro atoms. The summed E-state index contributed by atoms with van der Waals surface area (Å²) in [6.45, 7) is 0. The van der Waals surface area contributed by atoms with Crippen LogP contribution >= 0.6 is 0 Å². The van der Waals surface area contributed by atoms with Gasteiger partial charge in [-0.3, -0.25) is 10.1 Å². The number of amides is 1. The molecule has 2 aromatic rings. The van der Waals surface area contributed by atoms with Crippen molar-refractivity contribution in [2.24, 2.45) is 7.05 Å². The quantitative estimate of drug-likeness (QED) is 0.701. The molecule has 2 rings (SSSR count). The second-order valence-electron chi connectivity index (χ2n) is 3.36. The van der Waals surface area contributed by atoms with Crippen molar-refractivity contribution < 1.29 is 15.0 Å². The second-order valence-corrected chi connectivity index (χ2v) is 3.36. The third-order valence-electron chi connectivity index (χ3n) is 2.16. The molecule has 1 heterocycles. The zero-order valence-corrected chi connectivity index (χ0v) is 8.95. The van der Waals surface area contributed by atoms with Gasteiger partial charge in [0.1, 0.15) is 17.8 Å². The zero-order valence-electron chi connectivity index (χ0n) is 8.95. The number of nitrogens with one attached hydrogen (secondary N) is 1. The molecule has 0 aliphatic carbocycles. The Morgan fingerprint density at radius 2 is 2.18 bits per heavy atom. The van der Waals surface area contributed by atoms with Crippen molar-refractivity contribution in [3.05, 3.63) is 30.1 Å². The number of benzene rings is 1. The molecule has 0 fully saturated rings. The number of carbonyl (C=O) groups excluding carboxylic acids is 1. The average Bonchev–Trinajstić information content (AvgIpc) is 2.64. The van der Waals surface area contributed by atoms with E-state index in [1.54, 1.807) is 7.05 Å². The van der Waals surface area contributed by atoms with Gasteiger partial charge in [-0.15, -0.1) is 0 Å². The molecule has 0 saturated carbocycles. The summed E-state index contributed by atoms with van der Waals surface area (Å²) >= 11 is 0. The summed E-state index contributed by atoms with van der Waals surface area (Å²) in [6.07, 6.45) is 1.30. The van der Waals surface area contributed by atoms with Crippen molar-refractivity contribution in [2.75, 3.05) is 5.32 Å². The first-order chi connectivity index (χ1) is 8.08. The number of phenols is 2. The number of carbonyl (C=O) groups is 1. The van der Waals surface area contributed by atoms with Crippen LogP contribution in [-0.4, -0.2) is 30.9 Å². The van der Waals surface area contributed by atoms with Gasteiger partial charge in [-0.05, 0) is 12.1 Å². The van der Waals surface area contributed by atoms with Gasteiger partial charge >= 0.3 is 0 Å². The van der Waals surface area contributed by atoms with Gasteiger partial charge in [0.15, 0.2) is 0 Å². The molecular weight excluding hydrogens is 224 g/mol. The molecular formula is C10H10N4O3. The molecule has 7 heteroatoms. The summed E-state index contributed by atoms with van der Waals surface area (Å²) in [4.78, 5) is 15.6. The van der Waals surface area contributed by atoms with Crippen LogP contribution in [0.4, 0.5) is 5.95 Å². The number of aryl methyl sites for hydroxylation is 1. The molecule has 0 atom stereocenters. The zero-order chi connectivity index (χ0) is 12.4. The van der Waals surface area contributed by atoms with Crippen molar-refractivity contribution in [2.45, 2.75) is 0 Å². The minimum absolute atomic E-state index is 0.0470. The van der Waals surface area contributed by atoms with E-state index < -0.39 is 5.91 Å². The van der Waals surface area contributed by atoms with Crippen LogP contribution in [0, 0.1) is 0 Å². The van der Waals surface area contributed by atoms with Gasteiger partial charge in [-0.1, -0.05) is 0 Å². The van der Waals surface area contributed by atoms with Gasteiger partial charge in [0.2, 0.25) is 5.95 Å². The molecule has 0 aliphatic heterocycles. The molecule has 0 aliphatic rings. The van der Waals surface area contributed by atoms with Gasteiger partial charge in [-0.2, -0.15) is 10.1 Å². The Hall–Kier alpha value is -2.57. The molecule has 0 unspecified atom stereocenters. The van der Waals surface area contributed by atoms with E-state index in [1.807, 2.05) is 0 Å². The lowest BCUT2D eigenvalue weighted by atomic mass is 10.2. The Bertz CT molecular complexity index is 564. The number of anilines is 1. The molecule has 17 heavy (non-hydrogen) atoms. The lowest BCUT2D eigenvalue weighted by Gasteiger charge is -2.05. The molecule has 3 N–H and O–H groups in total. The molecule has 1 amide bonds. The van der Waals surface area contributed by atoms with E-state index in [0.29, 0.717) is 0 Å².